The maximum absolute atomic E-state index is 6.25. The Labute approximate surface area is 103 Å². The lowest BCUT2D eigenvalue weighted by Gasteiger charge is -2.31. The van der Waals surface area contributed by atoms with E-state index < -0.39 is 17.4 Å². The monoisotopic (exact) mass is 254 g/mol. The van der Waals surface area contributed by atoms with Gasteiger partial charge in [-0.3, -0.25) is 0 Å². The van der Waals surface area contributed by atoms with E-state index in [0.717, 1.165) is 5.92 Å². The fourth-order valence-electron chi connectivity index (χ4n) is 3.41. The normalized spacial score (nSPS) is 32.9. The summed E-state index contributed by atoms with van der Waals surface area (Å²) in [6, 6.07) is 1.36. The van der Waals surface area contributed by atoms with Gasteiger partial charge in [-0.1, -0.05) is 12.2 Å². The molecule has 92 valence electrons. The zero-order valence-electron chi connectivity index (χ0n) is 11.3. The Morgan fingerprint density at radius 2 is 2.19 bits per heavy atom. The van der Waals surface area contributed by atoms with Crippen molar-refractivity contribution in [1.29, 1.82) is 0 Å². The molecule has 0 saturated heterocycles. The van der Waals surface area contributed by atoms with Gasteiger partial charge in [0.25, 0.3) is 0 Å². The van der Waals surface area contributed by atoms with Crippen LogP contribution >= 0.6 is 0 Å². The minimum atomic E-state index is -1.35. The summed E-state index contributed by atoms with van der Waals surface area (Å²) < 4.78 is 6.25. The fraction of sp³-hybridized carbons (Fsp3) is 0.846. The standard InChI is InChI=1S/C13H26OSi2/c1-15(2)14-16(3,4)10-9-13-7-5-12(11-13)6-8-13/h5,7,12,15H,6,8-11H2,1-4H3. The number of hydrogen-bond acceptors (Lipinski definition) is 1. The van der Waals surface area contributed by atoms with Gasteiger partial charge in [-0.2, -0.15) is 0 Å². The van der Waals surface area contributed by atoms with Crippen molar-refractivity contribution in [1.82, 2.24) is 0 Å². The Bertz CT molecular complexity index is 286. The highest BCUT2D eigenvalue weighted by molar-refractivity contribution is 6.77. The Morgan fingerprint density at radius 3 is 2.62 bits per heavy atom. The molecule has 0 radical (unpaired) electrons. The molecule has 1 nitrogen and oxygen atoms in total. The van der Waals surface area contributed by atoms with Crippen LogP contribution in [0.25, 0.3) is 0 Å². The van der Waals surface area contributed by atoms with Crippen molar-refractivity contribution in [2.24, 2.45) is 11.3 Å². The molecule has 0 aromatic carbocycles. The molecule has 2 unspecified atom stereocenters. The zero-order valence-corrected chi connectivity index (χ0v) is 13.4. The zero-order chi connectivity index (χ0) is 11.8. The Morgan fingerprint density at radius 1 is 1.44 bits per heavy atom. The van der Waals surface area contributed by atoms with Crippen LogP contribution in [-0.4, -0.2) is 17.4 Å². The van der Waals surface area contributed by atoms with Gasteiger partial charge in [0.1, 0.15) is 0 Å². The van der Waals surface area contributed by atoms with Gasteiger partial charge in [0.15, 0.2) is 17.4 Å². The van der Waals surface area contributed by atoms with Crippen LogP contribution in [0.1, 0.15) is 25.7 Å². The van der Waals surface area contributed by atoms with Gasteiger partial charge >= 0.3 is 0 Å². The second kappa shape index (κ2) is 4.43. The van der Waals surface area contributed by atoms with Crippen LogP contribution in [0.5, 0.6) is 0 Å². The van der Waals surface area contributed by atoms with Crippen LogP contribution in [0.4, 0.5) is 0 Å². The van der Waals surface area contributed by atoms with Crippen molar-refractivity contribution in [3.63, 3.8) is 0 Å². The molecule has 0 spiro atoms. The van der Waals surface area contributed by atoms with E-state index in [0.29, 0.717) is 5.41 Å². The highest BCUT2D eigenvalue weighted by Gasteiger charge is 2.41. The predicted molar refractivity (Wildman–Crippen MR) is 75.8 cm³/mol. The molecule has 0 heterocycles. The van der Waals surface area contributed by atoms with E-state index in [1.165, 1.54) is 31.7 Å². The average molecular weight is 255 g/mol. The number of fused-ring (bicyclic) bond motifs is 2. The summed E-state index contributed by atoms with van der Waals surface area (Å²) in [5, 5.41) is 0. The summed E-state index contributed by atoms with van der Waals surface area (Å²) in [7, 11) is -2.19. The molecular formula is C13H26OSi2. The first-order valence-corrected chi connectivity index (χ1v) is 12.7. The fourth-order valence-corrected chi connectivity index (χ4v) is 10.1. The molecule has 3 heteroatoms. The van der Waals surface area contributed by atoms with Crippen molar-refractivity contribution >= 4 is 17.4 Å². The van der Waals surface area contributed by atoms with E-state index in [2.05, 4.69) is 38.3 Å². The van der Waals surface area contributed by atoms with Crippen LogP contribution in [0.3, 0.4) is 0 Å². The molecule has 2 atom stereocenters. The third-order valence-electron chi connectivity index (χ3n) is 4.18. The predicted octanol–water partition coefficient (Wildman–Crippen LogP) is 3.94. The quantitative estimate of drug-likeness (QED) is 0.533. The Kier molecular flexibility index (Phi) is 3.48. The summed E-state index contributed by atoms with van der Waals surface area (Å²) >= 11 is 0. The van der Waals surface area contributed by atoms with Crippen LogP contribution in [0.2, 0.25) is 32.2 Å². The lowest BCUT2D eigenvalue weighted by molar-refractivity contribution is 0.379. The largest absolute Gasteiger partial charge is 0.458 e. The first-order chi connectivity index (χ1) is 7.41. The highest BCUT2D eigenvalue weighted by atomic mass is 28.4. The average Bonchev–Trinajstić information content (AvgIpc) is 2.73. The molecule has 2 aliphatic carbocycles. The molecule has 2 bridgehead atoms. The van der Waals surface area contributed by atoms with Crippen molar-refractivity contribution in [3.05, 3.63) is 12.2 Å². The number of hydrogen-bond donors (Lipinski definition) is 0. The van der Waals surface area contributed by atoms with Gasteiger partial charge in [-0.05, 0) is 69.2 Å². The first-order valence-electron chi connectivity index (χ1n) is 6.78. The SMILES string of the molecule is C[SiH](C)O[Si](C)(C)CCC12C=CC(CC1)C2. The molecule has 2 rings (SSSR count). The highest BCUT2D eigenvalue weighted by Crippen LogP contribution is 2.52. The second-order valence-corrected chi connectivity index (χ2v) is 13.7. The minimum absolute atomic E-state index is 0.594. The third kappa shape index (κ3) is 2.87. The van der Waals surface area contributed by atoms with E-state index in [1.807, 2.05) is 0 Å². The number of allylic oxidation sites excluding steroid dienone is 2. The summed E-state index contributed by atoms with van der Waals surface area (Å²) in [5.74, 6) is 0.921. The van der Waals surface area contributed by atoms with Crippen molar-refractivity contribution in [3.8, 4) is 0 Å². The smallest absolute Gasteiger partial charge is 0.173 e. The van der Waals surface area contributed by atoms with Crippen LogP contribution in [0.15, 0.2) is 12.2 Å². The maximum atomic E-state index is 6.25. The van der Waals surface area contributed by atoms with Crippen molar-refractivity contribution in [2.75, 3.05) is 0 Å². The Hall–Kier alpha value is 0.134. The first kappa shape index (κ1) is 12.6. The summed E-state index contributed by atoms with van der Waals surface area (Å²) in [5.41, 5.74) is 0.594. The maximum Gasteiger partial charge on any atom is 0.173 e. The molecule has 0 N–H and O–H groups in total. The lowest BCUT2D eigenvalue weighted by atomic mass is 9.85. The van der Waals surface area contributed by atoms with E-state index in [9.17, 15) is 0 Å². The molecule has 0 amide bonds. The topological polar surface area (TPSA) is 9.23 Å². The van der Waals surface area contributed by atoms with Crippen molar-refractivity contribution in [2.45, 2.75) is 57.9 Å². The summed E-state index contributed by atoms with van der Waals surface area (Å²) in [6.45, 7) is 9.41. The Balaban J connectivity index is 1.85. The van der Waals surface area contributed by atoms with Crippen LogP contribution in [-0.2, 0) is 4.12 Å². The molecule has 0 aromatic rings. The van der Waals surface area contributed by atoms with E-state index >= 15 is 0 Å². The molecule has 2 aliphatic rings. The minimum Gasteiger partial charge on any atom is -0.458 e. The van der Waals surface area contributed by atoms with Crippen molar-refractivity contribution < 1.29 is 4.12 Å². The van der Waals surface area contributed by atoms with E-state index in [-0.39, 0.29) is 0 Å². The molecule has 1 saturated carbocycles. The second-order valence-electron chi connectivity index (χ2n) is 6.65. The number of rotatable bonds is 5. The van der Waals surface area contributed by atoms with E-state index in [1.54, 1.807) is 0 Å². The molecular weight excluding hydrogens is 228 g/mol. The lowest BCUT2D eigenvalue weighted by Crippen LogP contribution is -2.36. The van der Waals surface area contributed by atoms with Gasteiger partial charge in [0, 0.05) is 0 Å². The molecule has 16 heavy (non-hydrogen) atoms. The van der Waals surface area contributed by atoms with Gasteiger partial charge in [-0.15, -0.1) is 0 Å². The molecule has 0 aromatic heterocycles. The van der Waals surface area contributed by atoms with Gasteiger partial charge < -0.3 is 4.12 Å². The summed E-state index contributed by atoms with van der Waals surface area (Å²) in [4.78, 5) is 0. The third-order valence-corrected chi connectivity index (χ3v) is 10.1. The van der Waals surface area contributed by atoms with Crippen LogP contribution < -0.4 is 0 Å². The summed E-state index contributed by atoms with van der Waals surface area (Å²) in [6.07, 6.45) is 10.7. The molecule has 1 fully saturated rings. The van der Waals surface area contributed by atoms with Crippen LogP contribution in [0, 0.1) is 11.3 Å². The molecule has 0 aliphatic heterocycles. The van der Waals surface area contributed by atoms with Gasteiger partial charge in [0.05, 0.1) is 0 Å². The van der Waals surface area contributed by atoms with Gasteiger partial charge in [-0.25, -0.2) is 0 Å². The van der Waals surface area contributed by atoms with E-state index in [4.69, 9.17) is 4.12 Å². The van der Waals surface area contributed by atoms with Gasteiger partial charge in [0.2, 0.25) is 0 Å².